The van der Waals surface area contributed by atoms with Crippen molar-refractivity contribution in [3.8, 4) is 27.9 Å². The van der Waals surface area contributed by atoms with E-state index in [1.807, 2.05) is 0 Å². The van der Waals surface area contributed by atoms with Crippen molar-refractivity contribution in [2.24, 2.45) is 5.92 Å². The summed E-state index contributed by atoms with van der Waals surface area (Å²) in [7, 11) is 0. The maximum atomic E-state index is 2.67. The average molecular weight is 659 g/mol. The van der Waals surface area contributed by atoms with Gasteiger partial charge in [0.1, 0.15) is 0 Å². The molecule has 2 heteroatoms. The fraction of sp³-hybridized carbons (Fsp3) is 0.184. The lowest BCUT2D eigenvalue weighted by atomic mass is 9.62. The predicted octanol–water partition coefficient (Wildman–Crippen LogP) is 13.3. The molecule has 248 valence electrons. The van der Waals surface area contributed by atoms with Crippen molar-refractivity contribution in [3.63, 3.8) is 0 Å². The molecule has 1 aliphatic carbocycles. The zero-order valence-electron chi connectivity index (χ0n) is 29.4. The summed E-state index contributed by atoms with van der Waals surface area (Å²) >= 11 is 0. The van der Waals surface area contributed by atoms with Gasteiger partial charge in [-0.05, 0) is 105 Å². The molecule has 2 atom stereocenters. The summed E-state index contributed by atoms with van der Waals surface area (Å²) < 4.78 is 2.41. The Hall–Kier alpha value is -5.60. The number of para-hydroxylation sites is 2. The molecular weight excluding hydrogens is 617 g/mol. The van der Waals surface area contributed by atoms with E-state index in [2.05, 4.69) is 181 Å². The van der Waals surface area contributed by atoms with E-state index in [-0.39, 0.29) is 5.41 Å². The van der Waals surface area contributed by atoms with Gasteiger partial charge in [-0.1, -0.05) is 142 Å². The van der Waals surface area contributed by atoms with Crippen molar-refractivity contribution in [1.29, 1.82) is 0 Å². The number of nitrogens with zero attached hydrogens (tertiary/aromatic N) is 2. The predicted molar refractivity (Wildman–Crippen MR) is 217 cm³/mol. The van der Waals surface area contributed by atoms with Gasteiger partial charge >= 0.3 is 0 Å². The number of anilines is 2. The monoisotopic (exact) mass is 658 g/mol. The summed E-state index contributed by atoms with van der Waals surface area (Å²) in [5.41, 5.74) is 13.0. The lowest BCUT2D eigenvalue weighted by molar-refractivity contribution is 0.190. The van der Waals surface area contributed by atoms with Crippen LogP contribution in [-0.2, 0) is 5.41 Å². The highest BCUT2D eigenvalue weighted by Gasteiger charge is 2.46. The van der Waals surface area contributed by atoms with Crippen molar-refractivity contribution in [3.05, 3.63) is 163 Å². The van der Waals surface area contributed by atoms with Gasteiger partial charge < -0.3 is 9.47 Å². The number of hydrogen-bond acceptors (Lipinski definition) is 1. The van der Waals surface area contributed by atoms with Crippen molar-refractivity contribution in [2.45, 2.75) is 51.0 Å². The normalized spacial score (nSPS) is 18.2. The molecule has 0 spiro atoms. The number of fused-ring (bicyclic) bond motifs is 7. The highest BCUT2D eigenvalue weighted by atomic mass is 15.2. The smallest absolute Gasteiger partial charge is 0.0547 e. The Bertz CT molecular complexity index is 2550. The van der Waals surface area contributed by atoms with Crippen LogP contribution in [0.5, 0.6) is 0 Å². The number of hydrogen-bond donors (Lipinski definition) is 0. The Morgan fingerprint density at radius 2 is 1.06 bits per heavy atom. The van der Waals surface area contributed by atoms with E-state index in [4.69, 9.17) is 0 Å². The first-order valence-electron chi connectivity index (χ1n) is 18.7. The first kappa shape index (κ1) is 30.2. The third-order valence-electron chi connectivity index (χ3n) is 12.2. The van der Waals surface area contributed by atoms with Gasteiger partial charge in [-0.25, -0.2) is 0 Å². The molecule has 0 saturated heterocycles. The molecule has 2 nitrogen and oxygen atoms in total. The van der Waals surface area contributed by atoms with Crippen LogP contribution >= 0.6 is 0 Å². The summed E-state index contributed by atoms with van der Waals surface area (Å²) in [5.74, 6) is 0.671. The van der Waals surface area contributed by atoms with Gasteiger partial charge in [-0.2, -0.15) is 0 Å². The third kappa shape index (κ3) is 4.77. The van der Waals surface area contributed by atoms with E-state index < -0.39 is 0 Å². The van der Waals surface area contributed by atoms with Crippen LogP contribution in [0.15, 0.2) is 158 Å². The lowest BCUT2D eigenvalue weighted by Gasteiger charge is -2.53. The molecule has 1 saturated carbocycles. The second kappa shape index (κ2) is 11.7. The number of aromatic nitrogens is 1. The zero-order valence-corrected chi connectivity index (χ0v) is 29.4. The molecule has 51 heavy (non-hydrogen) atoms. The van der Waals surface area contributed by atoms with Crippen LogP contribution in [0, 0.1) is 5.92 Å². The Labute approximate surface area is 300 Å². The van der Waals surface area contributed by atoms with Crippen molar-refractivity contribution >= 4 is 44.0 Å². The molecule has 1 aromatic heterocycles. The summed E-state index contributed by atoms with van der Waals surface area (Å²) in [6.45, 7) is 4.95. The van der Waals surface area contributed by atoms with Gasteiger partial charge in [-0.15, -0.1) is 0 Å². The van der Waals surface area contributed by atoms with Gasteiger partial charge in [0.15, 0.2) is 0 Å². The van der Waals surface area contributed by atoms with E-state index in [0.717, 1.165) is 0 Å². The molecule has 2 heterocycles. The van der Waals surface area contributed by atoms with Crippen LogP contribution in [0.1, 0.15) is 45.1 Å². The Morgan fingerprint density at radius 1 is 0.490 bits per heavy atom. The maximum Gasteiger partial charge on any atom is 0.0547 e. The largest absolute Gasteiger partial charge is 0.338 e. The average Bonchev–Trinajstić information content (AvgIpc) is 3.53. The molecule has 0 radical (unpaired) electrons. The highest BCUT2D eigenvalue weighted by Crippen LogP contribution is 2.53. The van der Waals surface area contributed by atoms with Crippen molar-refractivity contribution < 1.29 is 0 Å². The zero-order chi connectivity index (χ0) is 34.1. The minimum atomic E-state index is 0.195. The topological polar surface area (TPSA) is 8.17 Å². The second-order valence-corrected chi connectivity index (χ2v) is 15.3. The molecule has 7 aromatic carbocycles. The molecule has 0 bridgehead atoms. The molecule has 10 rings (SSSR count). The molecule has 2 aliphatic rings. The van der Waals surface area contributed by atoms with E-state index in [1.165, 1.54) is 103 Å². The van der Waals surface area contributed by atoms with Crippen molar-refractivity contribution in [1.82, 2.24) is 4.57 Å². The van der Waals surface area contributed by atoms with Gasteiger partial charge in [-0.3, -0.25) is 0 Å². The first-order valence-corrected chi connectivity index (χ1v) is 18.7. The van der Waals surface area contributed by atoms with E-state index >= 15 is 0 Å². The third-order valence-corrected chi connectivity index (χ3v) is 12.2. The lowest BCUT2D eigenvalue weighted by Crippen LogP contribution is -2.52. The SMILES string of the molecule is CC1(C)c2ccccc2N(c2ccc(-c3ccc(-c4ccc(-n5c6ccccc6c6c7ccccc7ccc65)cc4)cc3)cc2)C2CCCCC21. The van der Waals surface area contributed by atoms with Crippen LogP contribution in [0.25, 0.3) is 60.5 Å². The minimum absolute atomic E-state index is 0.195. The molecule has 1 fully saturated rings. The molecule has 2 unspecified atom stereocenters. The van der Waals surface area contributed by atoms with Crippen LogP contribution in [0.4, 0.5) is 11.4 Å². The van der Waals surface area contributed by atoms with Crippen LogP contribution in [0.2, 0.25) is 0 Å². The maximum absolute atomic E-state index is 2.67. The Morgan fingerprint density at radius 3 is 1.78 bits per heavy atom. The van der Waals surface area contributed by atoms with Gasteiger partial charge in [0.2, 0.25) is 0 Å². The Balaban J connectivity index is 0.941. The quantitative estimate of drug-likeness (QED) is 0.183. The van der Waals surface area contributed by atoms with Crippen LogP contribution < -0.4 is 4.90 Å². The molecule has 8 aromatic rings. The van der Waals surface area contributed by atoms with E-state index in [9.17, 15) is 0 Å². The van der Waals surface area contributed by atoms with Gasteiger partial charge in [0.25, 0.3) is 0 Å². The number of rotatable bonds is 4. The Kier molecular flexibility index (Phi) is 6.96. The minimum Gasteiger partial charge on any atom is -0.338 e. The van der Waals surface area contributed by atoms with Crippen molar-refractivity contribution in [2.75, 3.05) is 4.90 Å². The summed E-state index contributed by atoms with van der Waals surface area (Å²) in [6, 6.07) is 59.1. The van der Waals surface area contributed by atoms with Crippen LogP contribution in [0.3, 0.4) is 0 Å². The molecule has 1 aliphatic heterocycles. The fourth-order valence-electron chi connectivity index (χ4n) is 9.69. The molecule has 0 amide bonds. The molecular formula is C49H42N2. The van der Waals surface area contributed by atoms with Crippen LogP contribution in [-0.4, -0.2) is 10.6 Å². The van der Waals surface area contributed by atoms with Gasteiger partial charge in [0, 0.05) is 33.9 Å². The number of benzene rings is 7. The second-order valence-electron chi connectivity index (χ2n) is 15.3. The van der Waals surface area contributed by atoms with Gasteiger partial charge in [0.05, 0.1) is 11.0 Å². The summed E-state index contributed by atoms with van der Waals surface area (Å²) in [6.07, 6.45) is 5.25. The first-order chi connectivity index (χ1) is 25.1. The molecule has 0 N–H and O–H groups in total. The standard InChI is InChI=1S/C49H42N2/c1-49(2)42-14-6-9-17-45(42)51(46-18-10-7-15-43(46)49)39-30-25-36(26-31-39)34-21-19-33(20-22-34)35-23-28-38(29-24-35)50-44-16-8-5-13-41(44)48-40-12-4-3-11-37(40)27-32-47(48)50/h3-6,8-9,11-14,16-17,19-32,43,46H,7,10,15,18H2,1-2H3. The summed E-state index contributed by atoms with van der Waals surface area (Å²) in [5, 5.41) is 5.19. The summed E-state index contributed by atoms with van der Waals surface area (Å²) in [4.78, 5) is 2.67. The highest BCUT2D eigenvalue weighted by molar-refractivity contribution is 6.21. The fourth-order valence-corrected chi connectivity index (χ4v) is 9.69. The van der Waals surface area contributed by atoms with E-state index in [0.29, 0.717) is 12.0 Å². The van der Waals surface area contributed by atoms with E-state index in [1.54, 1.807) is 0 Å².